The van der Waals surface area contributed by atoms with Gasteiger partial charge in [-0.05, 0) is 51.4 Å². The molecule has 1 atom stereocenters. The largest absolute Gasteiger partial charge is 0.462 e. The second-order valence-electron chi connectivity index (χ2n) is 16.9. The number of aliphatic hydroxyl groups is 1. The molecule has 0 aromatic rings. The van der Waals surface area contributed by atoms with Gasteiger partial charge in [0, 0.05) is 12.8 Å². The summed E-state index contributed by atoms with van der Waals surface area (Å²) in [5, 5.41) is 9.50. The van der Waals surface area contributed by atoms with E-state index in [9.17, 15) is 14.7 Å². The molecule has 0 saturated carbocycles. The van der Waals surface area contributed by atoms with Crippen molar-refractivity contribution in [3.05, 3.63) is 48.6 Å². The Morgan fingerprint density at radius 3 is 1.12 bits per heavy atom. The zero-order chi connectivity index (χ0) is 42.1. The molecular weight excluding hydrogens is 717 g/mol. The molecule has 0 aromatic heterocycles. The van der Waals surface area contributed by atoms with Crippen LogP contribution in [0, 0.1) is 0 Å². The zero-order valence-corrected chi connectivity index (χ0v) is 38.6. The van der Waals surface area contributed by atoms with Crippen LogP contribution in [0.3, 0.4) is 0 Å². The normalized spacial score (nSPS) is 12.5. The third-order valence-corrected chi connectivity index (χ3v) is 11.1. The maximum atomic E-state index is 12.1. The molecule has 0 rings (SSSR count). The third-order valence-electron chi connectivity index (χ3n) is 11.1. The Kier molecular flexibility index (Phi) is 47.4. The molecule has 58 heavy (non-hydrogen) atoms. The maximum absolute atomic E-state index is 12.1. The molecule has 1 N–H and O–H groups in total. The van der Waals surface area contributed by atoms with Crippen LogP contribution in [-0.4, -0.2) is 36.4 Å². The van der Waals surface area contributed by atoms with Crippen molar-refractivity contribution in [3.63, 3.8) is 0 Å². The summed E-state index contributed by atoms with van der Waals surface area (Å²) in [4.78, 5) is 24.0. The molecule has 0 aliphatic heterocycles. The van der Waals surface area contributed by atoms with Crippen LogP contribution in [0.2, 0.25) is 0 Å². The molecule has 5 heteroatoms. The van der Waals surface area contributed by atoms with E-state index in [0.717, 1.165) is 64.2 Å². The van der Waals surface area contributed by atoms with Crippen LogP contribution < -0.4 is 0 Å². The summed E-state index contributed by atoms with van der Waals surface area (Å²) in [5.41, 5.74) is 0. The summed E-state index contributed by atoms with van der Waals surface area (Å²) < 4.78 is 10.5. The lowest BCUT2D eigenvalue weighted by atomic mass is 10.0. The van der Waals surface area contributed by atoms with E-state index in [4.69, 9.17) is 9.47 Å². The van der Waals surface area contributed by atoms with Crippen LogP contribution in [0.1, 0.15) is 258 Å². The van der Waals surface area contributed by atoms with Crippen molar-refractivity contribution in [2.24, 2.45) is 0 Å². The molecule has 0 radical (unpaired) electrons. The standard InChI is InChI=1S/C53H96O5/c1-3-5-7-9-10-11-12-13-14-15-16-17-18-19-20-21-22-23-24-25-26-27-28-29-30-31-32-33-34-35-36-37-38-39-40-41-42-44-46-48-53(56)58-51(49-54)50-57-52(55)47-45-43-8-6-4-2/h5,7,10-11,13-14,16-17,51,54H,3-4,6,8-9,12,15,18-50H2,1-2H3/b7-5-,11-10-,14-13-,17-16-. The molecule has 0 spiro atoms. The Balaban J connectivity index is 3.31. The summed E-state index contributed by atoms with van der Waals surface area (Å²) in [7, 11) is 0. The van der Waals surface area contributed by atoms with E-state index in [1.165, 1.54) is 167 Å². The molecule has 0 saturated heterocycles. The van der Waals surface area contributed by atoms with E-state index in [0.29, 0.717) is 12.8 Å². The lowest BCUT2D eigenvalue weighted by Crippen LogP contribution is -2.28. The van der Waals surface area contributed by atoms with Gasteiger partial charge in [-0.15, -0.1) is 0 Å². The van der Waals surface area contributed by atoms with Crippen molar-refractivity contribution in [1.82, 2.24) is 0 Å². The highest BCUT2D eigenvalue weighted by atomic mass is 16.6. The third kappa shape index (κ3) is 46.5. The quantitative estimate of drug-likeness (QED) is 0.0376. The van der Waals surface area contributed by atoms with Crippen LogP contribution in [0.4, 0.5) is 0 Å². The van der Waals surface area contributed by atoms with Crippen molar-refractivity contribution >= 4 is 11.9 Å². The Bertz CT molecular complexity index is 966. The molecule has 0 heterocycles. The number of carbonyl (C=O) groups excluding carboxylic acids is 2. The first kappa shape index (κ1) is 55.9. The minimum Gasteiger partial charge on any atom is -0.462 e. The topological polar surface area (TPSA) is 72.8 Å². The number of ether oxygens (including phenoxy) is 2. The van der Waals surface area contributed by atoms with Gasteiger partial charge < -0.3 is 14.6 Å². The van der Waals surface area contributed by atoms with Gasteiger partial charge in [-0.1, -0.05) is 242 Å². The number of rotatable bonds is 46. The van der Waals surface area contributed by atoms with Crippen LogP contribution in [0.25, 0.3) is 0 Å². The van der Waals surface area contributed by atoms with Gasteiger partial charge in [0.15, 0.2) is 6.10 Å². The van der Waals surface area contributed by atoms with E-state index < -0.39 is 6.10 Å². The van der Waals surface area contributed by atoms with Crippen LogP contribution in [0.15, 0.2) is 48.6 Å². The molecular formula is C53H96O5. The highest BCUT2D eigenvalue weighted by molar-refractivity contribution is 5.70. The summed E-state index contributed by atoms with van der Waals surface area (Å²) >= 11 is 0. The highest BCUT2D eigenvalue weighted by Crippen LogP contribution is 2.17. The summed E-state index contributed by atoms with van der Waals surface area (Å²) in [6.07, 6.45) is 64.3. The summed E-state index contributed by atoms with van der Waals surface area (Å²) in [6, 6.07) is 0. The number of allylic oxidation sites excluding steroid dienone is 8. The monoisotopic (exact) mass is 813 g/mol. The van der Waals surface area contributed by atoms with Crippen molar-refractivity contribution < 1.29 is 24.2 Å². The van der Waals surface area contributed by atoms with Crippen LogP contribution in [0.5, 0.6) is 0 Å². The maximum Gasteiger partial charge on any atom is 0.306 e. The first-order valence-corrected chi connectivity index (χ1v) is 25.2. The van der Waals surface area contributed by atoms with Crippen molar-refractivity contribution in [2.45, 2.75) is 264 Å². The number of hydrogen-bond acceptors (Lipinski definition) is 5. The molecule has 0 amide bonds. The SMILES string of the molecule is CC/C=C\C/C=C\C/C=C\C/C=C\CCCCCCCCCCCCCCCCCCCCCCCCCCCCC(=O)OC(CO)COC(=O)CCCCCCC. The zero-order valence-electron chi connectivity index (χ0n) is 38.6. The highest BCUT2D eigenvalue weighted by Gasteiger charge is 2.16. The molecule has 0 aliphatic carbocycles. The fourth-order valence-corrected chi connectivity index (χ4v) is 7.37. The molecule has 0 fully saturated rings. The predicted molar refractivity (Wildman–Crippen MR) is 251 cm³/mol. The van der Waals surface area contributed by atoms with Crippen LogP contribution >= 0.6 is 0 Å². The van der Waals surface area contributed by atoms with Gasteiger partial charge in [-0.3, -0.25) is 9.59 Å². The average molecular weight is 813 g/mol. The van der Waals surface area contributed by atoms with E-state index in [2.05, 4.69) is 62.5 Å². The predicted octanol–water partition coefficient (Wildman–Crippen LogP) is 16.5. The second kappa shape index (κ2) is 49.2. The van der Waals surface area contributed by atoms with Gasteiger partial charge in [0.25, 0.3) is 0 Å². The van der Waals surface area contributed by atoms with E-state index in [1.807, 2.05) is 0 Å². The lowest BCUT2D eigenvalue weighted by Gasteiger charge is -2.15. The molecule has 0 aliphatic rings. The number of aliphatic hydroxyl groups excluding tert-OH is 1. The lowest BCUT2D eigenvalue weighted by molar-refractivity contribution is -0.161. The fourth-order valence-electron chi connectivity index (χ4n) is 7.37. The number of carbonyl (C=O) groups is 2. The fraction of sp³-hybridized carbons (Fsp3) is 0.811. The van der Waals surface area contributed by atoms with Crippen molar-refractivity contribution in [1.29, 1.82) is 0 Å². The first-order chi connectivity index (χ1) is 28.6. The molecule has 0 bridgehead atoms. The van der Waals surface area contributed by atoms with Gasteiger partial charge >= 0.3 is 11.9 Å². The smallest absolute Gasteiger partial charge is 0.306 e. The number of unbranched alkanes of at least 4 members (excludes halogenated alkanes) is 30. The average Bonchev–Trinajstić information content (AvgIpc) is 3.23. The summed E-state index contributed by atoms with van der Waals surface area (Å²) in [5.74, 6) is -0.595. The van der Waals surface area contributed by atoms with Gasteiger partial charge in [0.2, 0.25) is 0 Å². The first-order valence-electron chi connectivity index (χ1n) is 25.2. The van der Waals surface area contributed by atoms with Crippen molar-refractivity contribution in [3.8, 4) is 0 Å². The van der Waals surface area contributed by atoms with E-state index in [1.54, 1.807) is 0 Å². The number of esters is 2. The number of hydrogen-bond donors (Lipinski definition) is 1. The second-order valence-corrected chi connectivity index (χ2v) is 16.9. The molecule has 338 valence electrons. The minimum atomic E-state index is -0.763. The van der Waals surface area contributed by atoms with E-state index in [-0.39, 0.29) is 25.2 Å². The van der Waals surface area contributed by atoms with Gasteiger partial charge in [-0.25, -0.2) is 0 Å². The van der Waals surface area contributed by atoms with Gasteiger partial charge in [-0.2, -0.15) is 0 Å². The molecule has 5 nitrogen and oxygen atoms in total. The van der Waals surface area contributed by atoms with Gasteiger partial charge in [0.05, 0.1) is 6.61 Å². The minimum absolute atomic E-state index is 0.0626. The Labute approximate surface area is 360 Å². The van der Waals surface area contributed by atoms with Crippen LogP contribution in [-0.2, 0) is 19.1 Å². The molecule has 1 unspecified atom stereocenters. The van der Waals surface area contributed by atoms with E-state index >= 15 is 0 Å². The Hall–Kier alpha value is -2.14. The molecule has 0 aromatic carbocycles. The van der Waals surface area contributed by atoms with Crippen molar-refractivity contribution in [2.75, 3.05) is 13.2 Å². The Morgan fingerprint density at radius 1 is 0.414 bits per heavy atom. The summed E-state index contributed by atoms with van der Waals surface area (Å²) in [6.45, 7) is 3.95. The Morgan fingerprint density at radius 2 is 0.741 bits per heavy atom. The van der Waals surface area contributed by atoms with Gasteiger partial charge in [0.1, 0.15) is 6.61 Å².